The van der Waals surface area contributed by atoms with Gasteiger partial charge >= 0.3 is 0 Å². The SMILES string of the molecule is CCC(=O)c1ccc(OCC(=O)NC(C)(C)C)cc1. The second-order valence-corrected chi connectivity index (χ2v) is 5.39. The molecule has 0 aliphatic heterocycles. The monoisotopic (exact) mass is 263 g/mol. The second-order valence-electron chi connectivity index (χ2n) is 5.39. The van der Waals surface area contributed by atoms with Crippen molar-refractivity contribution in [2.45, 2.75) is 39.7 Å². The van der Waals surface area contributed by atoms with Crippen molar-refractivity contribution in [3.63, 3.8) is 0 Å². The van der Waals surface area contributed by atoms with Gasteiger partial charge in [0.05, 0.1) is 0 Å². The summed E-state index contributed by atoms with van der Waals surface area (Å²) in [4.78, 5) is 23.0. The lowest BCUT2D eigenvalue weighted by molar-refractivity contribution is -0.124. The van der Waals surface area contributed by atoms with Crippen molar-refractivity contribution < 1.29 is 14.3 Å². The number of hydrogen-bond acceptors (Lipinski definition) is 3. The molecule has 0 radical (unpaired) electrons. The summed E-state index contributed by atoms with van der Waals surface area (Å²) in [6.45, 7) is 7.53. The van der Waals surface area contributed by atoms with E-state index in [4.69, 9.17) is 4.74 Å². The Balaban J connectivity index is 2.50. The highest BCUT2D eigenvalue weighted by Crippen LogP contribution is 2.13. The molecule has 0 bridgehead atoms. The number of rotatable bonds is 5. The zero-order valence-corrected chi connectivity index (χ0v) is 11.9. The Bertz CT molecular complexity index is 443. The van der Waals surface area contributed by atoms with Gasteiger partial charge in [0.2, 0.25) is 0 Å². The topological polar surface area (TPSA) is 55.4 Å². The van der Waals surface area contributed by atoms with E-state index in [-0.39, 0.29) is 23.8 Å². The molecular weight excluding hydrogens is 242 g/mol. The van der Waals surface area contributed by atoms with Crippen LogP contribution >= 0.6 is 0 Å². The predicted octanol–water partition coefficient (Wildman–Crippen LogP) is 2.57. The molecule has 1 rings (SSSR count). The van der Waals surface area contributed by atoms with E-state index in [0.29, 0.717) is 17.7 Å². The Morgan fingerprint density at radius 2 is 1.74 bits per heavy atom. The quantitative estimate of drug-likeness (QED) is 0.831. The van der Waals surface area contributed by atoms with Crippen LogP contribution in [0.1, 0.15) is 44.5 Å². The summed E-state index contributed by atoms with van der Waals surface area (Å²) in [7, 11) is 0. The summed E-state index contributed by atoms with van der Waals surface area (Å²) in [5, 5.41) is 2.81. The third-order valence-electron chi connectivity index (χ3n) is 2.38. The molecule has 0 heterocycles. The minimum atomic E-state index is -0.266. The van der Waals surface area contributed by atoms with Crippen molar-refractivity contribution in [2.24, 2.45) is 0 Å². The molecule has 1 aromatic rings. The Hall–Kier alpha value is -1.84. The molecule has 0 spiro atoms. The molecule has 0 saturated carbocycles. The van der Waals surface area contributed by atoms with E-state index in [1.54, 1.807) is 24.3 Å². The van der Waals surface area contributed by atoms with Crippen molar-refractivity contribution >= 4 is 11.7 Å². The number of Topliss-reactive ketones (excluding diaryl/α,β-unsaturated/α-hetero) is 1. The third-order valence-corrected chi connectivity index (χ3v) is 2.38. The molecular formula is C15H21NO3. The zero-order valence-electron chi connectivity index (χ0n) is 11.9. The molecule has 1 N–H and O–H groups in total. The van der Waals surface area contributed by atoms with E-state index in [0.717, 1.165) is 0 Å². The number of ether oxygens (including phenoxy) is 1. The van der Waals surface area contributed by atoms with Crippen molar-refractivity contribution in [1.29, 1.82) is 0 Å². The summed E-state index contributed by atoms with van der Waals surface area (Å²) >= 11 is 0. The molecule has 4 heteroatoms. The largest absolute Gasteiger partial charge is 0.484 e. The van der Waals surface area contributed by atoms with Crippen LogP contribution in [-0.4, -0.2) is 23.8 Å². The molecule has 0 unspecified atom stereocenters. The van der Waals surface area contributed by atoms with Crippen molar-refractivity contribution in [3.8, 4) is 5.75 Å². The number of hydrogen-bond donors (Lipinski definition) is 1. The molecule has 4 nitrogen and oxygen atoms in total. The maximum atomic E-state index is 11.6. The first-order valence-corrected chi connectivity index (χ1v) is 6.39. The normalized spacial score (nSPS) is 10.9. The highest BCUT2D eigenvalue weighted by molar-refractivity contribution is 5.95. The molecule has 0 aliphatic carbocycles. The maximum absolute atomic E-state index is 11.6. The first-order valence-electron chi connectivity index (χ1n) is 6.39. The van der Waals surface area contributed by atoms with Crippen LogP contribution in [0, 0.1) is 0 Å². The van der Waals surface area contributed by atoms with E-state index in [9.17, 15) is 9.59 Å². The van der Waals surface area contributed by atoms with Crippen LogP contribution in [0.5, 0.6) is 5.75 Å². The van der Waals surface area contributed by atoms with Crippen LogP contribution in [0.4, 0.5) is 0 Å². The van der Waals surface area contributed by atoms with Gasteiger partial charge in [0.25, 0.3) is 5.91 Å². The van der Waals surface area contributed by atoms with Crippen molar-refractivity contribution in [1.82, 2.24) is 5.32 Å². The summed E-state index contributed by atoms with van der Waals surface area (Å²) in [5.74, 6) is 0.509. The highest BCUT2D eigenvalue weighted by Gasteiger charge is 2.13. The van der Waals surface area contributed by atoms with E-state index < -0.39 is 0 Å². The number of nitrogens with one attached hydrogen (secondary N) is 1. The molecule has 0 atom stereocenters. The molecule has 104 valence electrons. The highest BCUT2D eigenvalue weighted by atomic mass is 16.5. The van der Waals surface area contributed by atoms with Gasteiger partial charge in [0, 0.05) is 17.5 Å². The molecule has 0 aliphatic rings. The number of amides is 1. The first-order chi connectivity index (χ1) is 8.81. The van der Waals surface area contributed by atoms with E-state index >= 15 is 0 Å². The van der Waals surface area contributed by atoms with Crippen molar-refractivity contribution in [2.75, 3.05) is 6.61 Å². The summed E-state index contributed by atoms with van der Waals surface area (Å²) in [5.41, 5.74) is 0.395. The van der Waals surface area contributed by atoms with E-state index in [2.05, 4.69) is 5.32 Å². The van der Waals surface area contributed by atoms with Gasteiger partial charge in [-0.05, 0) is 45.0 Å². The lowest BCUT2D eigenvalue weighted by Gasteiger charge is -2.20. The number of ketones is 1. The van der Waals surface area contributed by atoms with Crippen LogP contribution in [0.15, 0.2) is 24.3 Å². The van der Waals surface area contributed by atoms with Gasteiger partial charge in [-0.15, -0.1) is 0 Å². The molecule has 1 amide bonds. The zero-order chi connectivity index (χ0) is 14.5. The summed E-state index contributed by atoms with van der Waals surface area (Å²) < 4.78 is 5.36. The third kappa shape index (κ3) is 5.55. The Morgan fingerprint density at radius 1 is 1.16 bits per heavy atom. The standard InChI is InChI=1S/C15H21NO3/c1-5-13(17)11-6-8-12(9-7-11)19-10-14(18)16-15(2,3)4/h6-9H,5,10H2,1-4H3,(H,16,18). The van der Waals surface area contributed by atoms with Crippen molar-refractivity contribution in [3.05, 3.63) is 29.8 Å². The molecule has 0 saturated heterocycles. The minimum Gasteiger partial charge on any atom is -0.484 e. The van der Waals surface area contributed by atoms with Gasteiger partial charge in [-0.2, -0.15) is 0 Å². The summed E-state index contributed by atoms with van der Waals surface area (Å²) in [6.07, 6.45) is 0.480. The lowest BCUT2D eigenvalue weighted by Crippen LogP contribution is -2.43. The number of benzene rings is 1. The van der Waals surface area contributed by atoms with E-state index in [1.807, 2.05) is 27.7 Å². The van der Waals surface area contributed by atoms with Crippen LogP contribution in [0.25, 0.3) is 0 Å². The smallest absolute Gasteiger partial charge is 0.258 e. The Kier molecular flexibility index (Phi) is 5.10. The molecule has 19 heavy (non-hydrogen) atoms. The van der Waals surface area contributed by atoms with Crippen LogP contribution in [0.2, 0.25) is 0 Å². The fourth-order valence-corrected chi connectivity index (χ4v) is 1.54. The van der Waals surface area contributed by atoms with Crippen LogP contribution < -0.4 is 10.1 Å². The number of carbonyl (C=O) groups excluding carboxylic acids is 2. The average Bonchev–Trinajstić information content (AvgIpc) is 2.34. The average molecular weight is 263 g/mol. The van der Waals surface area contributed by atoms with Gasteiger partial charge in [-0.3, -0.25) is 9.59 Å². The van der Waals surface area contributed by atoms with Gasteiger partial charge in [-0.1, -0.05) is 6.92 Å². The van der Waals surface area contributed by atoms with Crippen LogP contribution in [0.3, 0.4) is 0 Å². The minimum absolute atomic E-state index is 0.0294. The fourth-order valence-electron chi connectivity index (χ4n) is 1.54. The molecule has 0 fully saturated rings. The van der Waals surface area contributed by atoms with Gasteiger partial charge in [0.15, 0.2) is 12.4 Å². The van der Waals surface area contributed by atoms with Gasteiger partial charge in [-0.25, -0.2) is 0 Å². The lowest BCUT2D eigenvalue weighted by atomic mass is 10.1. The fraction of sp³-hybridized carbons (Fsp3) is 0.467. The Labute approximate surface area is 114 Å². The molecule has 0 aromatic heterocycles. The van der Waals surface area contributed by atoms with Gasteiger partial charge < -0.3 is 10.1 Å². The van der Waals surface area contributed by atoms with Crippen LogP contribution in [-0.2, 0) is 4.79 Å². The maximum Gasteiger partial charge on any atom is 0.258 e. The summed E-state index contributed by atoms with van der Waals surface area (Å²) in [6, 6.07) is 6.83. The second kappa shape index (κ2) is 6.36. The van der Waals surface area contributed by atoms with Gasteiger partial charge in [0.1, 0.15) is 5.75 Å². The first kappa shape index (κ1) is 15.2. The van der Waals surface area contributed by atoms with E-state index in [1.165, 1.54) is 0 Å². The number of carbonyl (C=O) groups is 2. The predicted molar refractivity (Wildman–Crippen MR) is 74.5 cm³/mol. The Morgan fingerprint density at radius 3 is 2.21 bits per heavy atom. The molecule has 1 aromatic carbocycles.